The van der Waals surface area contributed by atoms with Crippen LogP contribution in [0.5, 0.6) is 5.75 Å². The second kappa shape index (κ2) is 9.28. The quantitative estimate of drug-likeness (QED) is 0.723. The predicted octanol–water partition coefficient (Wildman–Crippen LogP) is 3.72. The van der Waals surface area contributed by atoms with Gasteiger partial charge in [0.15, 0.2) is 0 Å². The normalized spacial score (nSPS) is 19.1. The highest BCUT2D eigenvalue weighted by Crippen LogP contribution is 2.27. The van der Waals surface area contributed by atoms with Crippen LogP contribution >= 0.6 is 0 Å². The van der Waals surface area contributed by atoms with Gasteiger partial charge >= 0.3 is 6.36 Å². The molecule has 0 radical (unpaired) electrons. The predicted molar refractivity (Wildman–Crippen MR) is 110 cm³/mol. The van der Waals surface area contributed by atoms with E-state index >= 15 is 0 Å². The van der Waals surface area contributed by atoms with Crippen LogP contribution in [0.15, 0.2) is 54.6 Å². The van der Waals surface area contributed by atoms with Gasteiger partial charge in [-0.3, -0.25) is 14.6 Å². The third-order valence-electron chi connectivity index (χ3n) is 5.62. The first-order chi connectivity index (χ1) is 14.9. The van der Waals surface area contributed by atoms with Gasteiger partial charge in [0, 0.05) is 38.8 Å². The number of carbonyl (C=O) groups excluding carboxylic acids is 1. The minimum atomic E-state index is -4.68. The van der Waals surface area contributed by atoms with E-state index in [0.29, 0.717) is 12.6 Å². The molecule has 166 valence electrons. The first-order valence-corrected chi connectivity index (χ1v) is 10.5. The van der Waals surface area contributed by atoms with Crippen LogP contribution in [-0.4, -0.2) is 54.3 Å². The maximum absolute atomic E-state index is 12.9. The Morgan fingerprint density at radius 1 is 1.00 bits per heavy atom. The SMILES string of the molecule is O=C(NC1CC1)C(c1ccccc1)N1CCN(Cc2ccc(OC(F)(F)F)cc2)CC1. The van der Waals surface area contributed by atoms with E-state index in [-0.39, 0.29) is 17.7 Å². The van der Waals surface area contributed by atoms with E-state index in [4.69, 9.17) is 0 Å². The molecule has 0 bridgehead atoms. The summed E-state index contributed by atoms with van der Waals surface area (Å²) >= 11 is 0. The van der Waals surface area contributed by atoms with Gasteiger partial charge in [-0.25, -0.2) is 0 Å². The maximum Gasteiger partial charge on any atom is 0.573 e. The molecular formula is C23H26F3N3O2. The van der Waals surface area contributed by atoms with E-state index < -0.39 is 6.36 Å². The zero-order valence-corrected chi connectivity index (χ0v) is 17.1. The summed E-state index contributed by atoms with van der Waals surface area (Å²) in [6, 6.07) is 15.8. The molecule has 1 N–H and O–H groups in total. The Morgan fingerprint density at radius 2 is 1.65 bits per heavy atom. The molecule has 1 amide bonds. The number of nitrogens with one attached hydrogen (secondary N) is 1. The summed E-state index contributed by atoms with van der Waals surface area (Å²) < 4.78 is 40.8. The van der Waals surface area contributed by atoms with Crippen LogP contribution in [-0.2, 0) is 11.3 Å². The van der Waals surface area contributed by atoms with Crippen LogP contribution in [0.4, 0.5) is 13.2 Å². The number of halogens is 3. The van der Waals surface area contributed by atoms with Crippen molar-refractivity contribution in [2.75, 3.05) is 26.2 Å². The summed E-state index contributed by atoms with van der Waals surface area (Å²) in [6.07, 6.45) is -2.58. The van der Waals surface area contributed by atoms with Crippen molar-refractivity contribution in [2.45, 2.75) is 37.8 Å². The van der Waals surface area contributed by atoms with E-state index in [9.17, 15) is 18.0 Å². The Kier molecular flexibility index (Phi) is 6.48. The molecule has 0 spiro atoms. The first kappa shape index (κ1) is 21.6. The van der Waals surface area contributed by atoms with Gasteiger partial charge in [0.2, 0.25) is 5.91 Å². The van der Waals surface area contributed by atoms with E-state index in [1.807, 2.05) is 30.3 Å². The van der Waals surface area contributed by atoms with Crippen molar-refractivity contribution in [3.63, 3.8) is 0 Å². The third-order valence-corrected chi connectivity index (χ3v) is 5.62. The molecule has 2 aliphatic rings. The summed E-state index contributed by atoms with van der Waals surface area (Å²) in [4.78, 5) is 17.4. The van der Waals surface area contributed by atoms with Crippen molar-refractivity contribution in [3.8, 4) is 5.75 Å². The number of nitrogens with zero attached hydrogens (tertiary/aromatic N) is 2. The summed E-state index contributed by atoms with van der Waals surface area (Å²) in [5, 5.41) is 3.14. The van der Waals surface area contributed by atoms with Crippen LogP contribution in [0.2, 0.25) is 0 Å². The lowest BCUT2D eigenvalue weighted by Gasteiger charge is -2.39. The molecule has 1 atom stereocenters. The Bertz CT molecular complexity index is 862. The van der Waals surface area contributed by atoms with Crippen molar-refractivity contribution in [1.29, 1.82) is 0 Å². The van der Waals surface area contributed by atoms with Gasteiger partial charge in [-0.1, -0.05) is 42.5 Å². The largest absolute Gasteiger partial charge is 0.573 e. The number of alkyl halides is 3. The fourth-order valence-corrected chi connectivity index (χ4v) is 3.91. The van der Waals surface area contributed by atoms with Gasteiger partial charge in [-0.2, -0.15) is 0 Å². The lowest BCUT2D eigenvalue weighted by Crippen LogP contribution is -2.50. The summed E-state index contributed by atoms with van der Waals surface area (Å²) in [5.74, 6) is -0.157. The number of benzene rings is 2. The van der Waals surface area contributed by atoms with Crippen LogP contribution < -0.4 is 10.1 Å². The number of carbonyl (C=O) groups is 1. The summed E-state index contributed by atoms with van der Waals surface area (Å²) in [5.41, 5.74) is 1.92. The molecule has 1 saturated carbocycles. The molecule has 0 aromatic heterocycles. The number of ether oxygens (including phenoxy) is 1. The van der Waals surface area contributed by atoms with Crippen molar-refractivity contribution in [2.24, 2.45) is 0 Å². The Balaban J connectivity index is 1.34. The Labute approximate surface area is 179 Å². The van der Waals surface area contributed by atoms with Gasteiger partial charge < -0.3 is 10.1 Å². The monoisotopic (exact) mass is 433 g/mol. The van der Waals surface area contributed by atoms with Crippen molar-refractivity contribution < 1.29 is 22.7 Å². The smallest absolute Gasteiger partial charge is 0.406 e. The number of amides is 1. The summed E-state index contributed by atoms with van der Waals surface area (Å²) in [6.45, 7) is 3.69. The summed E-state index contributed by atoms with van der Waals surface area (Å²) in [7, 11) is 0. The minimum Gasteiger partial charge on any atom is -0.406 e. The molecule has 2 fully saturated rings. The maximum atomic E-state index is 12.9. The second-order valence-electron chi connectivity index (χ2n) is 8.10. The zero-order valence-electron chi connectivity index (χ0n) is 17.1. The molecule has 1 unspecified atom stereocenters. The van der Waals surface area contributed by atoms with Crippen molar-refractivity contribution >= 4 is 5.91 Å². The van der Waals surface area contributed by atoms with Crippen LogP contribution in [0, 0.1) is 0 Å². The molecule has 31 heavy (non-hydrogen) atoms. The molecule has 1 aliphatic carbocycles. The third kappa shape index (κ3) is 6.21. The van der Waals surface area contributed by atoms with Crippen LogP contribution in [0.25, 0.3) is 0 Å². The molecule has 8 heteroatoms. The van der Waals surface area contributed by atoms with E-state index in [1.54, 1.807) is 12.1 Å². The molecule has 5 nitrogen and oxygen atoms in total. The molecule has 1 saturated heterocycles. The van der Waals surface area contributed by atoms with Crippen molar-refractivity contribution in [1.82, 2.24) is 15.1 Å². The van der Waals surface area contributed by atoms with Gasteiger partial charge in [0.05, 0.1) is 0 Å². The van der Waals surface area contributed by atoms with Crippen LogP contribution in [0.1, 0.15) is 30.0 Å². The topological polar surface area (TPSA) is 44.8 Å². The number of hydrogen-bond donors (Lipinski definition) is 1. The molecular weight excluding hydrogens is 407 g/mol. The Hall–Kier alpha value is -2.58. The lowest BCUT2D eigenvalue weighted by molar-refractivity contribution is -0.274. The Morgan fingerprint density at radius 3 is 2.23 bits per heavy atom. The molecule has 1 aliphatic heterocycles. The average molecular weight is 433 g/mol. The van der Waals surface area contributed by atoms with E-state index in [1.165, 1.54) is 12.1 Å². The van der Waals surface area contributed by atoms with Crippen LogP contribution in [0.3, 0.4) is 0 Å². The van der Waals surface area contributed by atoms with E-state index in [0.717, 1.165) is 50.1 Å². The minimum absolute atomic E-state index is 0.0578. The highest BCUT2D eigenvalue weighted by atomic mass is 19.4. The molecule has 1 heterocycles. The standard InChI is InChI=1S/C23H26F3N3O2/c24-23(25,26)31-20-10-6-17(7-11-20)16-28-12-14-29(15-13-28)21(18-4-2-1-3-5-18)22(30)27-19-8-9-19/h1-7,10-11,19,21H,8-9,12-16H2,(H,27,30). The highest BCUT2D eigenvalue weighted by molar-refractivity contribution is 5.83. The van der Waals surface area contributed by atoms with Gasteiger partial charge in [0.1, 0.15) is 11.8 Å². The second-order valence-corrected chi connectivity index (χ2v) is 8.10. The molecule has 2 aromatic carbocycles. The fourth-order valence-electron chi connectivity index (χ4n) is 3.91. The molecule has 4 rings (SSSR count). The fraction of sp³-hybridized carbons (Fsp3) is 0.435. The zero-order chi connectivity index (χ0) is 21.8. The highest BCUT2D eigenvalue weighted by Gasteiger charge is 2.34. The van der Waals surface area contributed by atoms with Gasteiger partial charge in [-0.15, -0.1) is 13.2 Å². The van der Waals surface area contributed by atoms with Crippen molar-refractivity contribution in [3.05, 3.63) is 65.7 Å². The van der Waals surface area contributed by atoms with E-state index in [2.05, 4.69) is 19.9 Å². The molecule has 2 aromatic rings. The number of rotatable bonds is 7. The average Bonchev–Trinajstić information content (AvgIpc) is 3.55. The number of hydrogen-bond acceptors (Lipinski definition) is 4. The van der Waals surface area contributed by atoms with Gasteiger partial charge in [0.25, 0.3) is 0 Å². The van der Waals surface area contributed by atoms with Gasteiger partial charge in [-0.05, 0) is 36.1 Å². The first-order valence-electron chi connectivity index (χ1n) is 10.5. The lowest BCUT2D eigenvalue weighted by atomic mass is 10.0. The number of piperazine rings is 1.